The Labute approximate surface area is 256 Å². The molecule has 1 aromatic heterocycles. The number of nitro benzene ring substituents is 1. The number of aromatic nitrogens is 2. The minimum absolute atomic E-state index is 0.00741. The van der Waals surface area contributed by atoms with Crippen LogP contribution in [0, 0.1) is 10.1 Å². The number of aliphatic hydroxyl groups excluding tert-OH is 1. The Morgan fingerprint density at radius 3 is 2.31 bits per heavy atom. The quantitative estimate of drug-likeness (QED) is 0.260. The van der Waals surface area contributed by atoms with E-state index in [-0.39, 0.29) is 56.2 Å². The van der Waals surface area contributed by atoms with E-state index in [2.05, 4.69) is 5.10 Å². The van der Waals surface area contributed by atoms with E-state index in [0.717, 1.165) is 18.4 Å². The van der Waals surface area contributed by atoms with Crippen molar-refractivity contribution in [3.8, 4) is 11.3 Å². The Hall–Kier alpha value is -4.06. The van der Waals surface area contributed by atoms with Crippen LogP contribution in [-0.4, -0.2) is 100 Å². The summed E-state index contributed by atoms with van der Waals surface area (Å²) in [5, 5.41) is 36.8. The number of anilines is 1. The lowest BCUT2D eigenvalue weighted by Crippen LogP contribution is -2.49. The van der Waals surface area contributed by atoms with Gasteiger partial charge >= 0.3 is 12.1 Å². The van der Waals surface area contributed by atoms with Crippen molar-refractivity contribution in [2.45, 2.75) is 31.8 Å². The summed E-state index contributed by atoms with van der Waals surface area (Å²) in [4.78, 5) is 26.3. The molecule has 2 aliphatic heterocycles. The molecule has 0 spiro atoms. The third-order valence-corrected chi connectivity index (χ3v) is 9.29. The number of halogens is 3. The van der Waals surface area contributed by atoms with Crippen molar-refractivity contribution in [1.82, 2.24) is 19.0 Å². The smallest absolute Gasteiger partial charge is 0.416 e. The van der Waals surface area contributed by atoms with Crippen LogP contribution in [0.25, 0.3) is 11.3 Å². The minimum atomic E-state index is -4.52. The number of hydrogen-bond donors (Lipinski definition) is 2. The fourth-order valence-corrected chi connectivity index (χ4v) is 6.63. The Kier molecular flexibility index (Phi) is 8.90. The molecule has 2 N–H and O–H groups in total. The van der Waals surface area contributed by atoms with Gasteiger partial charge < -0.3 is 15.1 Å². The molecule has 0 amide bonds. The lowest BCUT2D eigenvalue weighted by atomic mass is 10.0. The molecule has 0 aliphatic carbocycles. The molecule has 0 bridgehead atoms. The third kappa shape index (κ3) is 6.95. The Bertz CT molecular complexity index is 1670. The van der Waals surface area contributed by atoms with Crippen LogP contribution in [0.15, 0.2) is 42.5 Å². The molecule has 1 atom stereocenters. The number of aromatic carboxylic acids is 1. The molecule has 45 heavy (non-hydrogen) atoms. The van der Waals surface area contributed by atoms with Gasteiger partial charge in [-0.3, -0.25) is 19.7 Å². The number of alkyl halides is 3. The summed E-state index contributed by atoms with van der Waals surface area (Å²) >= 11 is 0. The maximum absolute atomic E-state index is 13.1. The van der Waals surface area contributed by atoms with Crippen LogP contribution < -0.4 is 4.90 Å². The summed E-state index contributed by atoms with van der Waals surface area (Å²) in [6, 6.07) is 8.37. The second-order valence-corrected chi connectivity index (χ2v) is 13.0. The molecule has 13 nitrogen and oxygen atoms in total. The summed E-state index contributed by atoms with van der Waals surface area (Å²) in [5.41, 5.74) is 0.717. The maximum atomic E-state index is 13.1. The van der Waals surface area contributed by atoms with Crippen molar-refractivity contribution >= 4 is 27.4 Å². The molecule has 1 saturated heterocycles. The first kappa shape index (κ1) is 32.3. The fourth-order valence-electron chi connectivity index (χ4n) is 5.84. The fraction of sp³-hybridized carbons (Fsp3) is 0.429. The molecular weight excluding hydrogens is 621 g/mol. The topological polar surface area (TPSA) is 162 Å². The van der Waals surface area contributed by atoms with Crippen LogP contribution in [0.5, 0.6) is 0 Å². The van der Waals surface area contributed by atoms with E-state index in [4.69, 9.17) is 0 Å². The van der Waals surface area contributed by atoms with Crippen LogP contribution in [-0.2, 0) is 35.7 Å². The molecule has 0 saturated carbocycles. The molecular formula is C28H31F3N6O7S. The van der Waals surface area contributed by atoms with Gasteiger partial charge in [0.1, 0.15) is 5.69 Å². The summed E-state index contributed by atoms with van der Waals surface area (Å²) < 4.78 is 66.9. The normalized spacial score (nSPS) is 17.2. The first-order valence-electron chi connectivity index (χ1n) is 14.0. The Morgan fingerprint density at radius 2 is 1.73 bits per heavy atom. The van der Waals surface area contributed by atoms with E-state index < -0.39 is 38.8 Å². The Balaban J connectivity index is 1.32. The highest BCUT2D eigenvalue weighted by molar-refractivity contribution is 7.88. The van der Waals surface area contributed by atoms with Crippen LogP contribution in [0.2, 0.25) is 0 Å². The average Bonchev–Trinajstić information content (AvgIpc) is 3.33. The number of piperazine rings is 1. The standard InChI is InChI=1S/C28H31F3N6O7S/c1-45(43,44)35-10-9-23-22(17-35)25(18-5-7-19(8-6-18)28(29,30)31)32-36(23)16-20(38)15-33-11-13-34(14-12-33)26-21(27(39)40)3-2-4-24(26)37(41)42/h2-8,20,38H,9-17H2,1H3,(H,39,40). The minimum Gasteiger partial charge on any atom is -0.478 e. The molecule has 17 heteroatoms. The second-order valence-electron chi connectivity index (χ2n) is 11.1. The van der Waals surface area contributed by atoms with Gasteiger partial charge in [-0.15, -0.1) is 0 Å². The van der Waals surface area contributed by atoms with Crippen molar-refractivity contribution in [2.24, 2.45) is 0 Å². The van der Waals surface area contributed by atoms with E-state index in [1.807, 2.05) is 4.90 Å². The number of fused-ring (bicyclic) bond motifs is 1. The van der Waals surface area contributed by atoms with Gasteiger partial charge in [0.2, 0.25) is 10.0 Å². The zero-order valence-corrected chi connectivity index (χ0v) is 25.0. The molecule has 1 fully saturated rings. The molecule has 5 rings (SSSR count). The van der Waals surface area contributed by atoms with Crippen LogP contribution in [0.3, 0.4) is 0 Å². The van der Waals surface area contributed by atoms with Crippen molar-refractivity contribution in [3.63, 3.8) is 0 Å². The van der Waals surface area contributed by atoms with E-state index in [1.165, 1.54) is 34.6 Å². The lowest BCUT2D eigenvalue weighted by Gasteiger charge is -2.37. The van der Waals surface area contributed by atoms with Crippen LogP contribution in [0.4, 0.5) is 24.5 Å². The predicted molar refractivity (Wildman–Crippen MR) is 156 cm³/mol. The number of nitro groups is 1. The van der Waals surface area contributed by atoms with Gasteiger partial charge in [-0.1, -0.05) is 18.2 Å². The number of sulfonamides is 1. The van der Waals surface area contributed by atoms with Gasteiger partial charge in [-0.2, -0.15) is 22.6 Å². The highest BCUT2D eigenvalue weighted by Gasteiger charge is 2.33. The number of benzene rings is 2. The third-order valence-electron chi connectivity index (χ3n) is 8.04. The van der Waals surface area contributed by atoms with Gasteiger partial charge in [0.25, 0.3) is 5.69 Å². The van der Waals surface area contributed by atoms with Crippen LogP contribution >= 0.6 is 0 Å². The average molecular weight is 653 g/mol. The summed E-state index contributed by atoms with van der Waals surface area (Å²) in [7, 11) is -3.55. The highest BCUT2D eigenvalue weighted by atomic mass is 32.2. The van der Waals surface area contributed by atoms with Crippen molar-refractivity contribution in [1.29, 1.82) is 0 Å². The lowest BCUT2D eigenvalue weighted by molar-refractivity contribution is -0.384. The number of β-amino-alcohol motifs (C(OH)–C–C–N with tert-alkyl or cyclic N) is 1. The predicted octanol–water partition coefficient (Wildman–Crippen LogP) is 2.68. The van der Waals surface area contributed by atoms with Crippen molar-refractivity contribution < 1.29 is 41.5 Å². The molecule has 242 valence electrons. The van der Waals surface area contributed by atoms with Crippen molar-refractivity contribution in [2.75, 3.05) is 50.4 Å². The first-order valence-corrected chi connectivity index (χ1v) is 15.9. The molecule has 2 aliphatic rings. The largest absolute Gasteiger partial charge is 0.478 e. The summed E-state index contributed by atoms with van der Waals surface area (Å²) in [6.07, 6.45) is -4.07. The number of hydrogen-bond acceptors (Lipinski definition) is 9. The van der Waals surface area contributed by atoms with E-state index >= 15 is 0 Å². The van der Waals surface area contributed by atoms with Gasteiger partial charge in [0.05, 0.1) is 40.6 Å². The molecule has 2 aromatic carbocycles. The van der Waals surface area contributed by atoms with E-state index in [0.29, 0.717) is 42.0 Å². The summed E-state index contributed by atoms with van der Waals surface area (Å²) in [5.74, 6) is -1.27. The van der Waals surface area contributed by atoms with Gasteiger partial charge in [-0.25, -0.2) is 13.2 Å². The molecule has 1 unspecified atom stereocenters. The number of rotatable bonds is 9. The zero-order chi connectivity index (χ0) is 32.7. The second kappa shape index (κ2) is 12.4. The van der Waals surface area contributed by atoms with Crippen LogP contribution in [0.1, 0.15) is 27.2 Å². The number of carboxylic acid groups (broad SMARTS) is 1. The first-order chi connectivity index (χ1) is 21.1. The van der Waals surface area contributed by atoms with Gasteiger partial charge in [-0.05, 0) is 18.2 Å². The van der Waals surface area contributed by atoms with Gasteiger partial charge in [0.15, 0.2) is 0 Å². The van der Waals surface area contributed by atoms with E-state index in [9.17, 15) is 46.7 Å². The summed E-state index contributed by atoms with van der Waals surface area (Å²) in [6.45, 7) is 1.77. The monoisotopic (exact) mass is 652 g/mol. The SMILES string of the molecule is CS(=O)(=O)N1CCc2c(c(-c3ccc(C(F)(F)F)cc3)nn2CC(O)CN2CCN(c3c(C(=O)O)cccc3[N+](=O)[O-])CC2)C1. The molecule has 3 heterocycles. The number of nitrogens with zero attached hydrogens (tertiary/aromatic N) is 6. The number of aliphatic hydroxyl groups is 1. The Morgan fingerprint density at radius 1 is 1.07 bits per heavy atom. The van der Waals surface area contributed by atoms with E-state index in [1.54, 1.807) is 9.58 Å². The zero-order valence-electron chi connectivity index (χ0n) is 24.1. The molecule has 0 radical (unpaired) electrons. The maximum Gasteiger partial charge on any atom is 0.416 e. The van der Waals surface area contributed by atoms with Gasteiger partial charge in [0, 0.05) is 75.1 Å². The molecule has 3 aromatic rings. The number of para-hydroxylation sites is 1. The van der Waals surface area contributed by atoms with Crippen molar-refractivity contribution in [3.05, 3.63) is 75.0 Å². The number of carboxylic acids is 1. The number of carbonyl (C=O) groups is 1. The highest BCUT2D eigenvalue weighted by Crippen LogP contribution is 2.35.